The molecule has 0 unspecified atom stereocenters. The summed E-state index contributed by atoms with van der Waals surface area (Å²) < 4.78 is 0. The van der Waals surface area contributed by atoms with Gasteiger partial charge in [-0.15, -0.1) is 0 Å². The minimum Gasteiger partial charge on any atom is -0.399 e. The number of nitrogens with one attached hydrogen (secondary N) is 1. The van der Waals surface area contributed by atoms with Crippen LogP contribution in [0.1, 0.15) is 17.5 Å². The standard InChI is InChI=1S/C16H18N2O/c17-15-8-4-7-14(11-15)12-18-16(19)10-9-13-5-2-1-3-6-13/h1-8,11H,9-10,12,17H2,(H,18,19). The summed E-state index contributed by atoms with van der Waals surface area (Å²) in [6.07, 6.45) is 1.27. The molecule has 0 heterocycles. The summed E-state index contributed by atoms with van der Waals surface area (Å²) >= 11 is 0. The van der Waals surface area contributed by atoms with Crippen LogP contribution in [0.3, 0.4) is 0 Å². The summed E-state index contributed by atoms with van der Waals surface area (Å²) in [5, 5.41) is 2.90. The lowest BCUT2D eigenvalue weighted by molar-refractivity contribution is -0.121. The lowest BCUT2D eigenvalue weighted by atomic mass is 10.1. The van der Waals surface area contributed by atoms with Gasteiger partial charge < -0.3 is 11.1 Å². The van der Waals surface area contributed by atoms with Crippen molar-refractivity contribution in [2.75, 3.05) is 5.73 Å². The first kappa shape index (κ1) is 13.1. The number of nitrogens with two attached hydrogens (primary N) is 1. The zero-order valence-corrected chi connectivity index (χ0v) is 10.8. The van der Waals surface area contributed by atoms with Gasteiger partial charge >= 0.3 is 0 Å². The number of carbonyl (C=O) groups excluding carboxylic acids is 1. The second-order valence-electron chi connectivity index (χ2n) is 4.51. The third-order valence-electron chi connectivity index (χ3n) is 2.92. The highest BCUT2D eigenvalue weighted by atomic mass is 16.1. The summed E-state index contributed by atoms with van der Waals surface area (Å²) in [6.45, 7) is 0.526. The van der Waals surface area contributed by atoms with E-state index in [4.69, 9.17) is 5.73 Å². The average Bonchev–Trinajstić information content (AvgIpc) is 2.44. The molecule has 0 radical (unpaired) electrons. The van der Waals surface area contributed by atoms with Crippen LogP contribution in [0.4, 0.5) is 5.69 Å². The van der Waals surface area contributed by atoms with Crippen molar-refractivity contribution >= 4 is 11.6 Å². The van der Waals surface area contributed by atoms with Gasteiger partial charge in [0.15, 0.2) is 0 Å². The van der Waals surface area contributed by atoms with Crippen molar-refractivity contribution in [3.63, 3.8) is 0 Å². The van der Waals surface area contributed by atoms with Crippen LogP contribution in [0.2, 0.25) is 0 Å². The molecule has 3 nitrogen and oxygen atoms in total. The molecule has 0 atom stereocenters. The fraction of sp³-hybridized carbons (Fsp3) is 0.188. The largest absolute Gasteiger partial charge is 0.399 e. The Bertz CT molecular complexity index is 537. The first-order chi connectivity index (χ1) is 9.24. The van der Waals surface area contributed by atoms with Gasteiger partial charge in [-0.05, 0) is 29.7 Å². The fourth-order valence-electron chi connectivity index (χ4n) is 1.89. The number of hydrogen-bond donors (Lipinski definition) is 2. The van der Waals surface area contributed by atoms with Crippen molar-refractivity contribution in [1.29, 1.82) is 0 Å². The number of amides is 1. The maximum absolute atomic E-state index is 11.7. The molecular weight excluding hydrogens is 236 g/mol. The second-order valence-corrected chi connectivity index (χ2v) is 4.51. The van der Waals surface area contributed by atoms with Gasteiger partial charge in [0.2, 0.25) is 5.91 Å². The quantitative estimate of drug-likeness (QED) is 0.805. The Morgan fingerprint density at radius 3 is 2.47 bits per heavy atom. The van der Waals surface area contributed by atoms with Crippen LogP contribution in [0.25, 0.3) is 0 Å². The van der Waals surface area contributed by atoms with Crippen molar-refractivity contribution in [1.82, 2.24) is 5.32 Å². The van der Waals surface area contributed by atoms with E-state index in [1.165, 1.54) is 5.56 Å². The molecule has 0 aliphatic carbocycles. The highest BCUT2D eigenvalue weighted by Gasteiger charge is 2.02. The number of carbonyl (C=O) groups is 1. The summed E-state index contributed by atoms with van der Waals surface area (Å²) in [7, 11) is 0. The SMILES string of the molecule is Nc1cccc(CNC(=O)CCc2ccccc2)c1. The van der Waals surface area contributed by atoms with Crippen molar-refractivity contribution in [2.24, 2.45) is 0 Å². The molecule has 3 heteroatoms. The Labute approximate surface area is 113 Å². The minimum absolute atomic E-state index is 0.0614. The molecular formula is C16H18N2O. The van der Waals surface area contributed by atoms with Gasteiger partial charge in [0.25, 0.3) is 0 Å². The Morgan fingerprint density at radius 2 is 1.74 bits per heavy atom. The van der Waals surface area contributed by atoms with Crippen molar-refractivity contribution < 1.29 is 4.79 Å². The van der Waals surface area contributed by atoms with Gasteiger partial charge in [0, 0.05) is 18.7 Å². The highest BCUT2D eigenvalue weighted by molar-refractivity contribution is 5.76. The first-order valence-electron chi connectivity index (χ1n) is 6.39. The maximum Gasteiger partial charge on any atom is 0.220 e. The third kappa shape index (κ3) is 4.47. The summed E-state index contributed by atoms with van der Waals surface area (Å²) in [5.74, 6) is 0.0614. The molecule has 2 aromatic rings. The Kier molecular flexibility index (Phi) is 4.56. The Morgan fingerprint density at radius 1 is 1.00 bits per heavy atom. The molecule has 0 saturated carbocycles. The van der Waals surface area contributed by atoms with E-state index in [9.17, 15) is 4.79 Å². The van der Waals surface area contributed by atoms with E-state index in [-0.39, 0.29) is 5.91 Å². The molecule has 2 rings (SSSR count). The molecule has 0 bridgehead atoms. The molecule has 0 saturated heterocycles. The minimum atomic E-state index is 0.0614. The highest BCUT2D eigenvalue weighted by Crippen LogP contribution is 2.06. The van der Waals surface area contributed by atoms with Crippen molar-refractivity contribution in [3.8, 4) is 0 Å². The second kappa shape index (κ2) is 6.59. The Balaban J connectivity index is 1.76. The molecule has 1 amide bonds. The lowest BCUT2D eigenvalue weighted by Gasteiger charge is -2.06. The van der Waals surface area contributed by atoms with Crippen molar-refractivity contribution in [2.45, 2.75) is 19.4 Å². The van der Waals surface area contributed by atoms with E-state index in [0.29, 0.717) is 13.0 Å². The average molecular weight is 254 g/mol. The van der Waals surface area contributed by atoms with E-state index in [2.05, 4.69) is 5.32 Å². The molecule has 0 aliphatic rings. The van der Waals surface area contributed by atoms with Crippen LogP contribution in [-0.4, -0.2) is 5.91 Å². The maximum atomic E-state index is 11.7. The van der Waals surface area contributed by atoms with Gasteiger partial charge in [-0.1, -0.05) is 42.5 Å². The van der Waals surface area contributed by atoms with Gasteiger partial charge in [0.1, 0.15) is 0 Å². The number of anilines is 1. The van der Waals surface area contributed by atoms with Gasteiger partial charge in [-0.3, -0.25) is 4.79 Å². The summed E-state index contributed by atoms with van der Waals surface area (Å²) in [5.41, 5.74) is 8.61. The van der Waals surface area contributed by atoms with Crippen LogP contribution in [-0.2, 0) is 17.8 Å². The number of benzene rings is 2. The van der Waals surface area contributed by atoms with E-state index in [0.717, 1.165) is 17.7 Å². The topological polar surface area (TPSA) is 55.1 Å². The Hall–Kier alpha value is -2.29. The fourth-order valence-corrected chi connectivity index (χ4v) is 1.89. The van der Waals surface area contributed by atoms with E-state index >= 15 is 0 Å². The number of aryl methyl sites for hydroxylation is 1. The van der Waals surface area contributed by atoms with Gasteiger partial charge in [-0.2, -0.15) is 0 Å². The van der Waals surface area contributed by atoms with E-state index in [1.54, 1.807) is 0 Å². The molecule has 0 aromatic heterocycles. The predicted molar refractivity (Wildman–Crippen MR) is 77.5 cm³/mol. The molecule has 0 aliphatic heterocycles. The zero-order chi connectivity index (χ0) is 13.5. The van der Waals surface area contributed by atoms with Crippen LogP contribution < -0.4 is 11.1 Å². The number of hydrogen-bond acceptors (Lipinski definition) is 2. The molecule has 0 fully saturated rings. The third-order valence-corrected chi connectivity index (χ3v) is 2.92. The van der Waals surface area contributed by atoms with Gasteiger partial charge in [-0.25, -0.2) is 0 Å². The van der Waals surface area contributed by atoms with Crippen LogP contribution in [0.15, 0.2) is 54.6 Å². The van der Waals surface area contributed by atoms with E-state index in [1.807, 2.05) is 54.6 Å². The molecule has 0 spiro atoms. The summed E-state index contributed by atoms with van der Waals surface area (Å²) in [6, 6.07) is 17.6. The summed E-state index contributed by atoms with van der Waals surface area (Å²) in [4.78, 5) is 11.7. The van der Waals surface area contributed by atoms with Gasteiger partial charge in [0.05, 0.1) is 0 Å². The van der Waals surface area contributed by atoms with Crippen LogP contribution >= 0.6 is 0 Å². The van der Waals surface area contributed by atoms with E-state index < -0.39 is 0 Å². The molecule has 2 aromatic carbocycles. The predicted octanol–water partition coefficient (Wildman–Crippen LogP) is 2.52. The first-order valence-corrected chi connectivity index (χ1v) is 6.39. The van der Waals surface area contributed by atoms with Crippen LogP contribution in [0, 0.1) is 0 Å². The lowest BCUT2D eigenvalue weighted by Crippen LogP contribution is -2.23. The normalized spacial score (nSPS) is 10.1. The zero-order valence-electron chi connectivity index (χ0n) is 10.8. The molecule has 98 valence electrons. The van der Waals surface area contributed by atoms with Crippen LogP contribution in [0.5, 0.6) is 0 Å². The monoisotopic (exact) mass is 254 g/mol. The number of nitrogen functional groups attached to an aromatic ring is 1. The molecule has 19 heavy (non-hydrogen) atoms. The number of rotatable bonds is 5. The van der Waals surface area contributed by atoms with Crippen molar-refractivity contribution in [3.05, 3.63) is 65.7 Å². The smallest absolute Gasteiger partial charge is 0.220 e. The molecule has 3 N–H and O–H groups in total.